The van der Waals surface area contributed by atoms with E-state index in [-0.39, 0.29) is 12.5 Å². The van der Waals surface area contributed by atoms with E-state index in [0.29, 0.717) is 18.6 Å². The van der Waals surface area contributed by atoms with Gasteiger partial charge in [-0.05, 0) is 31.4 Å². The van der Waals surface area contributed by atoms with Crippen LogP contribution in [0.25, 0.3) is 0 Å². The molecule has 0 aliphatic carbocycles. The summed E-state index contributed by atoms with van der Waals surface area (Å²) in [5.74, 6) is -0.414. The van der Waals surface area contributed by atoms with Gasteiger partial charge in [0, 0.05) is 17.7 Å². The topological polar surface area (TPSA) is 46.6 Å². The van der Waals surface area contributed by atoms with E-state index in [1.165, 1.54) is 0 Å². The van der Waals surface area contributed by atoms with Crippen LogP contribution in [0.2, 0.25) is 0 Å². The molecule has 1 aliphatic rings. The van der Waals surface area contributed by atoms with Gasteiger partial charge >= 0.3 is 5.97 Å². The van der Waals surface area contributed by atoms with Gasteiger partial charge in [0.25, 0.3) is 0 Å². The summed E-state index contributed by atoms with van der Waals surface area (Å²) in [4.78, 5) is 25.5. The molecule has 0 spiro atoms. The number of hydrogen-bond donors (Lipinski definition) is 0. The van der Waals surface area contributed by atoms with Crippen molar-refractivity contribution in [1.29, 1.82) is 0 Å². The molecule has 1 aromatic carbocycles. The highest BCUT2D eigenvalue weighted by Gasteiger charge is 2.24. The standard InChI is InChI=1S/C16H19NO3/c1-3-20-16(19)12(2)11-17-14-9-5-4-7-13(14)8-6-10-15(17)18/h4-5,7,9H,2-3,6,8,10-11H2,1H3. The summed E-state index contributed by atoms with van der Waals surface area (Å²) >= 11 is 0. The average Bonchev–Trinajstić information content (AvgIpc) is 2.59. The van der Waals surface area contributed by atoms with Crippen molar-refractivity contribution >= 4 is 17.6 Å². The van der Waals surface area contributed by atoms with Crippen molar-refractivity contribution in [2.45, 2.75) is 26.2 Å². The minimum atomic E-state index is -0.443. The summed E-state index contributed by atoms with van der Waals surface area (Å²) in [7, 11) is 0. The van der Waals surface area contributed by atoms with Crippen LogP contribution in [-0.4, -0.2) is 25.0 Å². The summed E-state index contributed by atoms with van der Waals surface area (Å²) in [5, 5.41) is 0. The first-order chi connectivity index (χ1) is 9.63. The van der Waals surface area contributed by atoms with E-state index in [1.54, 1.807) is 11.8 Å². The second kappa shape index (κ2) is 6.37. The van der Waals surface area contributed by atoms with Crippen LogP contribution in [-0.2, 0) is 20.7 Å². The lowest BCUT2D eigenvalue weighted by molar-refractivity contribution is -0.138. The molecule has 0 radical (unpaired) electrons. The van der Waals surface area contributed by atoms with Crippen molar-refractivity contribution in [3.05, 3.63) is 42.0 Å². The van der Waals surface area contributed by atoms with Gasteiger partial charge in [0.15, 0.2) is 0 Å². The number of rotatable bonds is 4. The van der Waals surface area contributed by atoms with Gasteiger partial charge in [-0.2, -0.15) is 0 Å². The average molecular weight is 273 g/mol. The first-order valence-corrected chi connectivity index (χ1v) is 6.86. The molecule has 0 saturated heterocycles. The van der Waals surface area contributed by atoms with Crippen LogP contribution in [0.1, 0.15) is 25.3 Å². The summed E-state index contributed by atoms with van der Waals surface area (Å²) in [5.41, 5.74) is 2.31. The van der Waals surface area contributed by atoms with Gasteiger partial charge in [-0.3, -0.25) is 4.79 Å². The zero-order chi connectivity index (χ0) is 14.5. The predicted molar refractivity (Wildman–Crippen MR) is 77.5 cm³/mol. The Bertz CT molecular complexity index is 536. The van der Waals surface area contributed by atoms with Crippen LogP contribution in [0, 0.1) is 0 Å². The van der Waals surface area contributed by atoms with Crippen LogP contribution in [0.15, 0.2) is 36.4 Å². The van der Waals surface area contributed by atoms with Crippen LogP contribution in [0.4, 0.5) is 5.69 Å². The maximum atomic E-state index is 12.2. The van der Waals surface area contributed by atoms with Crippen LogP contribution >= 0.6 is 0 Å². The van der Waals surface area contributed by atoms with Gasteiger partial charge in [-0.15, -0.1) is 0 Å². The van der Waals surface area contributed by atoms with Crippen molar-refractivity contribution < 1.29 is 14.3 Å². The number of amides is 1. The Labute approximate surface area is 119 Å². The maximum absolute atomic E-state index is 12.2. The fraction of sp³-hybridized carbons (Fsp3) is 0.375. The van der Waals surface area contributed by atoms with Crippen molar-refractivity contribution in [2.24, 2.45) is 0 Å². The van der Waals surface area contributed by atoms with Crippen LogP contribution in [0.3, 0.4) is 0 Å². The molecule has 0 saturated carbocycles. The van der Waals surface area contributed by atoms with E-state index in [0.717, 1.165) is 24.1 Å². The summed E-state index contributed by atoms with van der Waals surface area (Å²) in [6.07, 6.45) is 2.20. The SMILES string of the molecule is C=C(CN1C(=O)CCCc2ccccc21)C(=O)OCC. The number of anilines is 1. The van der Waals surface area contributed by atoms with E-state index < -0.39 is 5.97 Å². The Morgan fingerprint density at radius 2 is 2.10 bits per heavy atom. The van der Waals surface area contributed by atoms with Crippen molar-refractivity contribution in [1.82, 2.24) is 0 Å². The molecule has 20 heavy (non-hydrogen) atoms. The molecule has 0 unspecified atom stereocenters. The van der Waals surface area contributed by atoms with Gasteiger partial charge < -0.3 is 9.64 Å². The van der Waals surface area contributed by atoms with Crippen molar-refractivity contribution in [2.75, 3.05) is 18.1 Å². The Morgan fingerprint density at radius 1 is 1.35 bits per heavy atom. The number of nitrogens with zero attached hydrogens (tertiary/aromatic N) is 1. The number of carbonyl (C=O) groups excluding carboxylic acids is 2. The van der Waals surface area contributed by atoms with E-state index in [1.807, 2.05) is 24.3 Å². The lowest BCUT2D eigenvalue weighted by Crippen LogP contribution is -2.33. The number of fused-ring (bicyclic) bond motifs is 1. The maximum Gasteiger partial charge on any atom is 0.335 e. The fourth-order valence-electron chi connectivity index (χ4n) is 2.35. The second-order valence-electron chi connectivity index (χ2n) is 4.79. The van der Waals surface area contributed by atoms with Gasteiger partial charge in [0.05, 0.1) is 13.2 Å². The molecule has 1 heterocycles. The number of para-hydroxylation sites is 1. The van der Waals surface area contributed by atoms with Gasteiger partial charge in [0.1, 0.15) is 0 Å². The van der Waals surface area contributed by atoms with Gasteiger partial charge in [-0.25, -0.2) is 4.79 Å². The molecule has 4 nitrogen and oxygen atoms in total. The minimum Gasteiger partial charge on any atom is -0.463 e. The third kappa shape index (κ3) is 3.07. The largest absolute Gasteiger partial charge is 0.463 e. The molecular formula is C16H19NO3. The zero-order valence-corrected chi connectivity index (χ0v) is 11.7. The number of ether oxygens (including phenoxy) is 1. The third-order valence-electron chi connectivity index (χ3n) is 3.33. The Morgan fingerprint density at radius 3 is 2.85 bits per heavy atom. The number of esters is 1. The summed E-state index contributed by atoms with van der Waals surface area (Å²) in [6.45, 7) is 5.98. The smallest absolute Gasteiger partial charge is 0.335 e. The Kier molecular flexibility index (Phi) is 4.56. The van der Waals surface area contributed by atoms with Gasteiger partial charge in [0.2, 0.25) is 5.91 Å². The molecule has 1 amide bonds. The monoisotopic (exact) mass is 273 g/mol. The lowest BCUT2D eigenvalue weighted by atomic mass is 10.1. The summed E-state index contributed by atoms with van der Waals surface area (Å²) < 4.78 is 4.92. The highest BCUT2D eigenvalue weighted by molar-refractivity contribution is 5.98. The zero-order valence-electron chi connectivity index (χ0n) is 11.7. The number of carbonyl (C=O) groups is 2. The lowest BCUT2D eigenvalue weighted by Gasteiger charge is -2.23. The molecule has 0 N–H and O–H groups in total. The minimum absolute atomic E-state index is 0.0281. The quantitative estimate of drug-likeness (QED) is 0.625. The summed E-state index contributed by atoms with van der Waals surface area (Å²) in [6, 6.07) is 7.80. The molecule has 0 atom stereocenters. The Hall–Kier alpha value is -2.10. The van der Waals surface area contributed by atoms with Crippen LogP contribution in [0.5, 0.6) is 0 Å². The Balaban J connectivity index is 2.22. The predicted octanol–water partition coefficient (Wildman–Crippen LogP) is 2.48. The number of hydrogen-bond acceptors (Lipinski definition) is 3. The molecule has 1 aromatic rings. The van der Waals surface area contributed by atoms with E-state index in [2.05, 4.69) is 6.58 Å². The second-order valence-corrected chi connectivity index (χ2v) is 4.79. The van der Waals surface area contributed by atoms with E-state index >= 15 is 0 Å². The van der Waals surface area contributed by atoms with E-state index in [4.69, 9.17) is 4.74 Å². The molecule has 0 aromatic heterocycles. The first kappa shape index (κ1) is 14.3. The molecule has 0 bridgehead atoms. The molecule has 106 valence electrons. The van der Waals surface area contributed by atoms with E-state index in [9.17, 15) is 9.59 Å². The molecular weight excluding hydrogens is 254 g/mol. The van der Waals surface area contributed by atoms with Crippen molar-refractivity contribution in [3.63, 3.8) is 0 Å². The molecule has 1 aliphatic heterocycles. The molecule has 0 fully saturated rings. The van der Waals surface area contributed by atoms with Crippen LogP contribution < -0.4 is 4.90 Å². The number of benzene rings is 1. The highest BCUT2D eigenvalue weighted by atomic mass is 16.5. The van der Waals surface area contributed by atoms with Gasteiger partial charge in [-0.1, -0.05) is 24.8 Å². The highest BCUT2D eigenvalue weighted by Crippen LogP contribution is 2.27. The fourth-order valence-corrected chi connectivity index (χ4v) is 2.35. The first-order valence-electron chi connectivity index (χ1n) is 6.86. The number of aryl methyl sites for hydroxylation is 1. The van der Waals surface area contributed by atoms with Crippen molar-refractivity contribution in [3.8, 4) is 0 Å². The molecule has 2 rings (SSSR count). The third-order valence-corrected chi connectivity index (χ3v) is 3.33. The molecule has 4 heteroatoms. The normalized spacial score (nSPS) is 14.4.